The molecule has 6 heteroatoms. The highest BCUT2D eigenvalue weighted by Crippen LogP contribution is 2.27. The average molecular weight is 246 g/mol. The van der Waals surface area contributed by atoms with Crippen LogP contribution in [0.4, 0.5) is 5.82 Å². The summed E-state index contributed by atoms with van der Waals surface area (Å²) in [4.78, 5) is 10.9. The van der Waals surface area contributed by atoms with Gasteiger partial charge in [0.1, 0.15) is 6.33 Å². The molecule has 1 saturated carbocycles. The molecule has 18 heavy (non-hydrogen) atoms. The van der Waals surface area contributed by atoms with E-state index in [1.54, 1.807) is 11.0 Å². The van der Waals surface area contributed by atoms with E-state index < -0.39 is 0 Å². The van der Waals surface area contributed by atoms with Crippen LogP contribution >= 0.6 is 0 Å². The van der Waals surface area contributed by atoms with Crippen LogP contribution in [-0.2, 0) is 7.05 Å². The van der Waals surface area contributed by atoms with Gasteiger partial charge in [-0.25, -0.2) is 14.6 Å². The van der Waals surface area contributed by atoms with E-state index in [4.69, 9.17) is 0 Å². The predicted octanol–water partition coefficient (Wildman–Crippen LogP) is 1.53. The smallest absolute Gasteiger partial charge is 0.183 e. The van der Waals surface area contributed by atoms with Crippen molar-refractivity contribution in [2.75, 3.05) is 11.9 Å². The van der Waals surface area contributed by atoms with E-state index in [0.29, 0.717) is 6.04 Å². The average Bonchev–Trinajstić information content (AvgIpc) is 2.81. The first-order chi connectivity index (χ1) is 8.77. The van der Waals surface area contributed by atoms with Crippen LogP contribution in [0.5, 0.6) is 0 Å². The molecule has 0 N–H and O–H groups in total. The summed E-state index contributed by atoms with van der Waals surface area (Å²) in [5, 5.41) is 8.20. The molecule has 1 fully saturated rings. The van der Waals surface area contributed by atoms with Crippen molar-refractivity contribution < 1.29 is 0 Å². The summed E-state index contributed by atoms with van der Waals surface area (Å²) in [5.41, 5.74) is 1.59. The molecule has 0 aliphatic heterocycles. The number of hydrogen-bond acceptors (Lipinski definition) is 5. The highest BCUT2D eigenvalue weighted by atomic mass is 15.4. The Labute approximate surface area is 106 Å². The zero-order valence-corrected chi connectivity index (χ0v) is 10.9. The number of aryl methyl sites for hydroxylation is 1. The third kappa shape index (κ3) is 1.81. The van der Waals surface area contributed by atoms with E-state index in [-0.39, 0.29) is 0 Å². The van der Waals surface area contributed by atoms with Gasteiger partial charge in [-0.3, -0.25) is 0 Å². The quantitative estimate of drug-likeness (QED) is 0.804. The molecular weight excluding hydrogens is 228 g/mol. The van der Waals surface area contributed by atoms with Gasteiger partial charge in [0.2, 0.25) is 0 Å². The second-order valence-corrected chi connectivity index (χ2v) is 4.99. The van der Waals surface area contributed by atoms with Gasteiger partial charge in [0.15, 0.2) is 17.0 Å². The van der Waals surface area contributed by atoms with Crippen LogP contribution in [0.15, 0.2) is 6.33 Å². The molecule has 6 nitrogen and oxygen atoms in total. The Bertz CT molecular complexity index is 542. The summed E-state index contributed by atoms with van der Waals surface area (Å²) in [6.45, 7) is 0. The van der Waals surface area contributed by atoms with E-state index in [1.807, 2.05) is 7.05 Å². The maximum absolute atomic E-state index is 4.39. The van der Waals surface area contributed by atoms with Gasteiger partial charge in [0, 0.05) is 20.1 Å². The van der Waals surface area contributed by atoms with Gasteiger partial charge in [0.05, 0.1) is 0 Å². The molecule has 0 bridgehead atoms. The fourth-order valence-electron chi connectivity index (χ4n) is 2.74. The third-order valence-corrected chi connectivity index (χ3v) is 3.83. The summed E-state index contributed by atoms with van der Waals surface area (Å²) >= 11 is 0. The first-order valence-electron chi connectivity index (χ1n) is 6.50. The summed E-state index contributed by atoms with van der Waals surface area (Å²) in [6.07, 6.45) is 8.05. The second kappa shape index (κ2) is 4.51. The van der Waals surface area contributed by atoms with E-state index in [0.717, 1.165) is 17.0 Å². The van der Waals surface area contributed by atoms with Crippen LogP contribution in [0.25, 0.3) is 11.2 Å². The van der Waals surface area contributed by atoms with Crippen LogP contribution in [-0.4, -0.2) is 38.1 Å². The third-order valence-electron chi connectivity index (χ3n) is 3.83. The number of nitrogens with zero attached hydrogens (tertiary/aromatic N) is 6. The lowest BCUT2D eigenvalue weighted by Gasteiger charge is -2.31. The molecule has 0 amide bonds. The van der Waals surface area contributed by atoms with Crippen molar-refractivity contribution in [2.45, 2.75) is 38.1 Å². The van der Waals surface area contributed by atoms with Crippen molar-refractivity contribution in [1.29, 1.82) is 0 Å². The lowest BCUT2D eigenvalue weighted by molar-refractivity contribution is 0.426. The molecule has 0 spiro atoms. The minimum atomic E-state index is 0.568. The van der Waals surface area contributed by atoms with Crippen LogP contribution in [0.1, 0.15) is 32.1 Å². The van der Waals surface area contributed by atoms with Gasteiger partial charge in [-0.15, -0.1) is 5.10 Å². The molecule has 0 atom stereocenters. The number of aromatic nitrogens is 5. The molecular formula is C12H18N6. The molecule has 2 aromatic rings. The SMILES string of the molecule is CN(c1ncnc2c1nnn2C)C1CCCCC1. The van der Waals surface area contributed by atoms with Crippen LogP contribution in [0.3, 0.4) is 0 Å². The number of hydrogen-bond donors (Lipinski definition) is 0. The molecule has 2 heterocycles. The zero-order chi connectivity index (χ0) is 12.5. The fourth-order valence-corrected chi connectivity index (χ4v) is 2.74. The van der Waals surface area contributed by atoms with Crippen molar-refractivity contribution in [2.24, 2.45) is 7.05 Å². The standard InChI is InChI=1S/C12H18N6/c1-17(9-6-4-3-5-7-9)11-10-12(14-8-13-11)18(2)16-15-10/h8-9H,3-7H2,1-2H3. The van der Waals surface area contributed by atoms with E-state index in [2.05, 4.69) is 32.2 Å². The van der Waals surface area contributed by atoms with Gasteiger partial charge in [0.25, 0.3) is 0 Å². The Morgan fingerprint density at radius 1 is 1.22 bits per heavy atom. The van der Waals surface area contributed by atoms with Gasteiger partial charge in [-0.1, -0.05) is 24.5 Å². The molecule has 0 unspecified atom stereocenters. The summed E-state index contributed by atoms with van der Waals surface area (Å²) in [6, 6.07) is 0.568. The van der Waals surface area contributed by atoms with Gasteiger partial charge in [-0.05, 0) is 12.8 Å². The van der Waals surface area contributed by atoms with Crippen molar-refractivity contribution >= 4 is 17.0 Å². The molecule has 2 aromatic heterocycles. The first kappa shape index (κ1) is 11.4. The molecule has 1 aliphatic rings. The Morgan fingerprint density at radius 3 is 2.78 bits per heavy atom. The maximum Gasteiger partial charge on any atom is 0.183 e. The highest BCUT2D eigenvalue weighted by molar-refractivity contribution is 5.82. The van der Waals surface area contributed by atoms with Crippen molar-refractivity contribution in [3.05, 3.63) is 6.33 Å². The van der Waals surface area contributed by atoms with E-state index in [1.165, 1.54) is 32.1 Å². The molecule has 96 valence electrons. The molecule has 0 radical (unpaired) electrons. The monoisotopic (exact) mass is 246 g/mol. The molecule has 0 saturated heterocycles. The van der Waals surface area contributed by atoms with E-state index in [9.17, 15) is 0 Å². The molecule has 3 rings (SSSR count). The number of rotatable bonds is 2. The van der Waals surface area contributed by atoms with Gasteiger partial charge >= 0.3 is 0 Å². The highest BCUT2D eigenvalue weighted by Gasteiger charge is 2.22. The minimum absolute atomic E-state index is 0.568. The van der Waals surface area contributed by atoms with Gasteiger partial charge in [-0.2, -0.15) is 0 Å². The summed E-state index contributed by atoms with van der Waals surface area (Å²) in [7, 11) is 3.96. The lowest BCUT2D eigenvalue weighted by Crippen LogP contribution is -2.34. The predicted molar refractivity (Wildman–Crippen MR) is 69.4 cm³/mol. The van der Waals surface area contributed by atoms with Crippen LogP contribution in [0, 0.1) is 0 Å². The normalized spacial score (nSPS) is 17.2. The largest absolute Gasteiger partial charge is 0.355 e. The zero-order valence-electron chi connectivity index (χ0n) is 10.9. The van der Waals surface area contributed by atoms with Crippen molar-refractivity contribution in [3.63, 3.8) is 0 Å². The van der Waals surface area contributed by atoms with Crippen LogP contribution in [0.2, 0.25) is 0 Å². The molecule has 0 aromatic carbocycles. The Morgan fingerprint density at radius 2 is 2.00 bits per heavy atom. The van der Waals surface area contributed by atoms with Crippen LogP contribution < -0.4 is 4.90 Å². The topological polar surface area (TPSA) is 59.7 Å². The van der Waals surface area contributed by atoms with Crippen molar-refractivity contribution in [3.8, 4) is 0 Å². The first-order valence-corrected chi connectivity index (χ1v) is 6.50. The Kier molecular flexibility index (Phi) is 2.85. The summed E-state index contributed by atoms with van der Waals surface area (Å²) in [5.74, 6) is 0.903. The van der Waals surface area contributed by atoms with E-state index >= 15 is 0 Å². The lowest BCUT2D eigenvalue weighted by atomic mass is 9.94. The molecule has 1 aliphatic carbocycles. The van der Waals surface area contributed by atoms with Gasteiger partial charge < -0.3 is 4.90 Å². The second-order valence-electron chi connectivity index (χ2n) is 4.99. The Hall–Kier alpha value is -1.72. The fraction of sp³-hybridized carbons (Fsp3) is 0.667. The summed E-state index contributed by atoms with van der Waals surface area (Å²) < 4.78 is 1.69. The minimum Gasteiger partial charge on any atom is -0.355 e. The Balaban J connectivity index is 1.97. The van der Waals surface area contributed by atoms with Crippen molar-refractivity contribution in [1.82, 2.24) is 25.0 Å². The number of anilines is 1. The number of fused-ring (bicyclic) bond motifs is 1. The maximum atomic E-state index is 4.39.